The van der Waals surface area contributed by atoms with E-state index in [2.05, 4.69) is 5.16 Å². The lowest BCUT2D eigenvalue weighted by atomic mass is 9.99. The topological polar surface area (TPSA) is 75.8 Å². The largest absolute Gasteiger partial charge is 0.393 e. The highest BCUT2D eigenvalue weighted by atomic mass is 16.5. The molecule has 2 unspecified atom stereocenters. The van der Waals surface area contributed by atoms with Gasteiger partial charge in [-0.1, -0.05) is 5.16 Å². The summed E-state index contributed by atoms with van der Waals surface area (Å²) < 4.78 is 10.0. The van der Waals surface area contributed by atoms with Gasteiger partial charge in [0.25, 0.3) is 5.91 Å². The van der Waals surface area contributed by atoms with E-state index in [1.807, 2.05) is 4.90 Å². The minimum atomic E-state index is -0.275. The molecule has 19 heavy (non-hydrogen) atoms. The molecular formula is C13H18N2O4. The Bertz CT molecular complexity index is 459. The maximum Gasteiger partial charge on any atom is 0.276 e. The van der Waals surface area contributed by atoms with Crippen molar-refractivity contribution in [3.05, 3.63) is 17.5 Å². The lowest BCUT2D eigenvalue weighted by Gasteiger charge is -2.36. The fraction of sp³-hybridized carbons (Fsp3) is 0.692. The summed E-state index contributed by atoms with van der Waals surface area (Å²) in [5.41, 5.74) is 0.334. The van der Waals surface area contributed by atoms with Crippen LogP contribution in [0.5, 0.6) is 0 Å². The summed E-state index contributed by atoms with van der Waals surface area (Å²) in [4.78, 5) is 14.3. The molecule has 0 saturated carbocycles. The number of hydrogen-bond acceptors (Lipinski definition) is 5. The van der Waals surface area contributed by atoms with E-state index in [0.29, 0.717) is 30.9 Å². The van der Waals surface area contributed by atoms with Crippen LogP contribution >= 0.6 is 0 Å². The van der Waals surface area contributed by atoms with Gasteiger partial charge in [-0.15, -0.1) is 0 Å². The van der Waals surface area contributed by atoms with Gasteiger partial charge in [-0.3, -0.25) is 4.79 Å². The Kier molecular flexibility index (Phi) is 3.28. The number of rotatable bonds is 3. The highest BCUT2D eigenvalue weighted by Crippen LogP contribution is 2.36. The van der Waals surface area contributed by atoms with E-state index >= 15 is 0 Å². The van der Waals surface area contributed by atoms with Crippen LogP contribution in [-0.2, 0) is 11.3 Å². The number of methoxy groups -OCH3 is 1. The van der Waals surface area contributed by atoms with Gasteiger partial charge in [0.05, 0.1) is 6.10 Å². The number of amides is 1. The number of nitrogens with zero attached hydrogens (tertiary/aromatic N) is 2. The van der Waals surface area contributed by atoms with Crippen molar-refractivity contribution in [2.75, 3.05) is 7.11 Å². The lowest BCUT2D eigenvalue weighted by molar-refractivity contribution is 0.0279. The van der Waals surface area contributed by atoms with Crippen molar-refractivity contribution in [3.63, 3.8) is 0 Å². The van der Waals surface area contributed by atoms with Crippen molar-refractivity contribution < 1.29 is 19.2 Å². The number of carbonyl (C=O) groups excluding carboxylic acids is 1. The Morgan fingerprint density at radius 2 is 2.21 bits per heavy atom. The van der Waals surface area contributed by atoms with Gasteiger partial charge < -0.3 is 19.3 Å². The molecule has 1 aromatic rings. The molecule has 0 spiro atoms. The molecule has 3 heterocycles. The van der Waals surface area contributed by atoms with Gasteiger partial charge in [0, 0.05) is 25.3 Å². The lowest BCUT2D eigenvalue weighted by Crippen LogP contribution is -2.48. The predicted octanol–water partition coefficient (Wildman–Crippen LogP) is 0.949. The van der Waals surface area contributed by atoms with Crippen LogP contribution in [0.1, 0.15) is 41.9 Å². The molecule has 2 atom stereocenters. The molecule has 1 amide bonds. The number of fused-ring (bicyclic) bond motifs is 2. The Morgan fingerprint density at radius 3 is 2.84 bits per heavy atom. The van der Waals surface area contributed by atoms with Gasteiger partial charge in [-0.2, -0.15) is 0 Å². The first-order valence-electron chi connectivity index (χ1n) is 6.64. The van der Waals surface area contributed by atoms with Gasteiger partial charge in [-0.25, -0.2) is 0 Å². The molecular weight excluding hydrogens is 248 g/mol. The van der Waals surface area contributed by atoms with Gasteiger partial charge >= 0.3 is 0 Å². The molecule has 104 valence electrons. The second kappa shape index (κ2) is 4.94. The van der Waals surface area contributed by atoms with Crippen molar-refractivity contribution >= 4 is 5.91 Å². The third-order valence-corrected chi connectivity index (χ3v) is 4.01. The Hall–Kier alpha value is -1.40. The second-order valence-corrected chi connectivity index (χ2v) is 5.33. The minimum absolute atomic E-state index is 0.0921. The number of aliphatic hydroxyl groups excluding tert-OH is 1. The number of aliphatic hydroxyl groups is 1. The summed E-state index contributed by atoms with van der Waals surface area (Å²) in [6.45, 7) is 0.311. The van der Waals surface area contributed by atoms with Crippen LogP contribution < -0.4 is 0 Å². The van der Waals surface area contributed by atoms with E-state index in [1.54, 1.807) is 13.2 Å². The van der Waals surface area contributed by atoms with E-state index in [4.69, 9.17) is 9.26 Å². The van der Waals surface area contributed by atoms with E-state index < -0.39 is 0 Å². The summed E-state index contributed by atoms with van der Waals surface area (Å²) in [5.74, 6) is 0.459. The Labute approximate surface area is 111 Å². The minimum Gasteiger partial charge on any atom is -0.393 e. The molecule has 1 N–H and O–H groups in total. The number of ether oxygens (including phenoxy) is 1. The molecule has 2 aliphatic heterocycles. The average Bonchev–Trinajstić information content (AvgIpc) is 2.93. The standard InChI is InChI=1S/C13H18N2O4/c1-18-7-11-6-12(14-19-11)13(17)15-8-2-3-9(15)5-10(16)4-8/h6,8-10,16H,2-5,7H2,1H3. The number of aromatic nitrogens is 1. The molecule has 3 rings (SSSR count). The molecule has 0 aromatic carbocycles. The normalized spacial score (nSPS) is 29.8. The third-order valence-electron chi connectivity index (χ3n) is 4.01. The zero-order valence-corrected chi connectivity index (χ0v) is 10.9. The number of piperidine rings is 1. The van der Waals surface area contributed by atoms with Crippen LogP contribution in [0, 0.1) is 0 Å². The highest BCUT2D eigenvalue weighted by molar-refractivity contribution is 5.93. The van der Waals surface area contributed by atoms with Crippen LogP contribution in [0.2, 0.25) is 0 Å². The monoisotopic (exact) mass is 266 g/mol. The van der Waals surface area contributed by atoms with Crippen LogP contribution in [0.25, 0.3) is 0 Å². The van der Waals surface area contributed by atoms with Crippen LogP contribution in [0.15, 0.2) is 10.6 Å². The van der Waals surface area contributed by atoms with Gasteiger partial charge in [-0.05, 0) is 25.7 Å². The number of hydrogen-bond donors (Lipinski definition) is 1. The van der Waals surface area contributed by atoms with Crippen molar-refractivity contribution in [3.8, 4) is 0 Å². The van der Waals surface area contributed by atoms with E-state index in [1.165, 1.54) is 0 Å². The fourth-order valence-corrected chi connectivity index (χ4v) is 3.24. The average molecular weight is 266 g/mol. The summed E-state index contributed by atoms with van der Waals surface area (Å²) in [6.07, 6.45) is 3.01. The molecule has 6 nitrogen and oxygen atoms in total. The summed E-state index contributed by atoms with van der Waals surface area (Å²) in [6, 6.07) is 1.92. The first-order chi connectivity index (χ1) is 9.19. The first kappa shape index (κ1) is 12.6. The molecule has 6 heteroatoms. The van der Waals surface area contributed by atoms with Crippen molar-refractivity contribution in [1.29, 1.82) is 0 Å². The maximum absolute atomic E-state index is 12.5. The molecule has 2 bridgehead atoms. The first-order valence-corrected chi connectivity index (χ1v) is 6.64. The smallest absolute Gasteiger partial charge is 0.276 e. The van der Waals surface area contributed by atoms with Crippen LogP contribution in [0.4, 0.5) is 0 Å². The second-order valence-electron chi connectivity index (χ2n) is 5.33. The summed E-state index contributed by atoms with van der Waals surface area (Å²) in [5, 5.41) is 13.6. The van der Waals surface area contributed by atoms with E-state index in [0.717, 1.165) is 12.8 Å². The molecule has 2 saturated heterocycles. The van der Waals surface area contributed by atoms with Crippen molar-refractivity contribution in [2.24, 2.45) is 0 Å². The van der Waals surface area contributed by atoms with Crippen molar-refractivity contribution in [2.45, 2.75) is 50.5 Å². The Balaban J connectivity index is 1.76. The Morgan fingerprint density at radius 1 is 1.53 bits per heavy atom. The SMILES string of the molecule is COCc1cc(C(=O)N2C3CCC2CC(O)C3)no1. The van der Waals surface area contributed by atoms with Gasteiger partial charge in [0.1, 0.15) is 6.61 Å². The van der Waals surface area contributed by atoms with Gasteiger partial charge in [0.2, 0.25) is 0 Å². The molecule has 0 radical (unpaired) electrons. The van der Waals surface area contributed by atoms with Gasteiger partial charge in [0.15, 0.2) is 11.5 Å². The van der Waals surface area contributed by atoms with Crippen LogP contribution in [0.3, 0.4) is 0 Å². The maximum atomic E-state index is 12.5. The molecule has 2 fully saturated rings. The quantitative estimate of drug-likeness (QED) is 0.881. The fourth-order valence-electron chi connectivity index (χ4n) is 3.24. The number of carbonyl (C=O) groups is 1. The predicted molar refractivity (Wildman–Crippen MR) is 65.4 cm³/mol. The third kappa shape index (κ3) is 2.26. The molecule has 2 aliphatic rings. The highest BCUT2D eigenvalue weighted by Gasteiger charge is 2.43. The summed E-state index contributed by atoms with van der Waals surface area (Å²) in [7, 11) is 1.57. The zero-order valence-electron chi connectivity index (χ0n) is 10.9. The van der Waals surface area contributed by atoms with Crippen molar-refractivity contribution in [1.82, 2.24) is 10.1 Å². The van der Waals surface area contributed by atoms with E-state index in [-0.39, 0.29) is 24.1 Å². The zero-order chi connectivity index (χ0) is 13.4. The molecule has 0 aliphatic carbocycles. The molecule has 1 aromatic heterocycles. The van der Waals surface area contributed by atoms with Crippen LogP contribution in [-0.4, -0.2) is 46.4 Å². The van der Waals surface area contributed by atoms with E-state index in [9.17, 15) is 9.90 Å². The summed E-state index contributed by atoms with van der Waals surface area (Å²) >= 11 is 0.